The van der Waals surface area contributed by atoms with E-state index in [9.17, 15) is 26.7 Å². The molecule has 1 saturated heterocycles. The van der Waals surface area contributed by atoms with Gasteiger partial charge in [0.25, 0.3) is 0 Å². The molecule has 188 valence electrons. The van der Waals surface area contributed by atoms with Crippen LogP contribution < -0.4 is 11.1 Å². The number of fused-ring (bicyclic) bond motifs is 1. The van der Waals surface area contributed by atoms with Crippen LogP contribution >= 0.6 is 0 Å². The van der Waals surface area contributed by atoms with E-state index in [2.05, 4.69) is 4.98 Å². The standard InChI is InChI=1S/C21H24F6N4O3/c1-33-9-12(31-8-14(21(25,26)27)29-19(31)32)11-2-3-13-17(15(11)22)30-18(34-13)16(28)10-4-6-20(23,24)7-5-10/h2-3,10,12,14,16H,4-9,28H2,1H3,(H,29,32)/t12?,14-,16?/m0/s1. The smallest absolute Gasteiger partial charge is 0.410 e. The van der Waals surface area contributed by atoms with E-state index in [-0.39, 0.29) is 60.8 Å². The number of nitrogens with one attached hydrogen (secondary N) is 1. The molecule has 1 aromatic heterocycles. The number of methoxy groups -OCH3 is 1. The Bertz CT molecular complexity index is 1050. The van der Waals surface area contributed by atoms with Crippen LogP contribution in [0.1, 0.15) is 49.2 Å². The van der Waals surface area contributed by atoms with Gasteiger partial charge in [-0.2, -0.15) is 13.2 Å². The lowest BCUT2D eigenvalue weighted by Crippen LogP contribution is -2.40. The molecule has 1 aliphatic carbocycles. The number of rotatable bonds is 6. The number of halogens is 6. The lowest BCUT2D eigenvalue weighted by molar-refractivity contribution is -0.150. The maximum absolute atomic E-state index is 15.5. The van der Waals surface area contributed by atoms with Gasteiger partial charge in [0.05, 0.1) is 25.2 Å². The Morgan fingerprint density at radius 2 is 2.00 bits per heavy atom. The molecular weight excluding hydrogens is 470 g/mol. The Kier molecular flexibility index (Phi) is 6.44. The maximum atomic E-state index is 15.5. The summed E-state index contributed by atoms with van der Waals surface area (Å²) in [6, 6.07) is -2.40. The SMILES string of the molecule is COCC(c1ccc2oc(C(N)C3CCC(F)(F)CC3)nc2c1F)N1C[C@@H](C(F)(F)F)NC1=O. The summed E-state index contributed by atoms with van der Waals surface area (Å²) < 4.78 is 92.3. The Labute approximate surface area is 190 Å². The fourth-order valence-electron chi connectivity index (χ4n) is 4.53. The van der Waals surface area contributed by atoms with Crippen molar-refractivity contribution >= 4 is 17.1 Å². The molecule has 3 atom stereocenters. The molecule has 2 aromatic rings. The molecule has 1 saturated carbocycles. The van der Waals surface area contributed by atoms with E-state index < -0.39 is 48.6 Å². The molecule has 7 nitrogen and oxygen atoms in total. The van der Waals surface area contributed by atoms with Crippen LogP contribution in [0.4, 0.5) is 31.1 Å². The molecule has 13 heteroatoms. The number of nitrogens with two attached hydrogens (primary N) is 1. The number of amides is 2. The zero-order valence-corrected chi connectivity index (χ0v) is 18.2. The molecule has 2 aliphatic rings. The lowest BCUT2D eigenvalue weighted by atomic mass is 9.82. The van der Waals surface area contributed by atoms with Gasteiger partial charge in [-0.3, -0.25) is 0 Å². The summed E-state index contributed by atoms with van der Waals surface area (Å²) in [5.41, 5.74) is 5.91. The highest BCUT2D eigenvalue weighted by Crippen LogP contribution is 2.41. The van der Waals surface area contributed by atoms with Crippen LogP contribution in [0, 0.1) is 11.7 Å². The molecule has 1 aliphatic heterocycles. The highest BCUT2D eigenvalue weighted by molar-refractivity contribution is 5.79. The number of urea groups is 1. The van der Waals surface area contributed by atoms with Crippen molar-refractivity contribution in [2.24, 2.45) is 11.7 Å². The number of nitrogens with zero attached hydrogens (tertiary/aromatic N) is 2. The second-order valence-corrected chi connectivity index (χ2v) is 8.75. The average molecular weight is 494 g/mol. The van der Waals surface area contributed by atoms with Gasteiger partial charge in [0.2, 0.25) is 11.8 Å². The predicted octanol–water partition coefficient (Wildman–Crippen LogP) is 4.44. The number of hydrogen-bond acceptors (Lipinski definition) is 5. The third kappa shape index (κ3) is 4.67. The number of alkyl halides is 5. The van der Waals surface area contributed by atoms with Gasteiger partial charge in [-0.15, -0.1) is 0 Å². The largest absolute Gasteiger partial charge is 0.439 e. The van der Waals surface area contributed by atoms with E-state index in [0.717, 1.165) is 4.90 Å². The van der Waals surface area contributed by atoms with Crippen molar-refractivity contribution in [3.05, 3.63) is 29.4 Å². The summed E-state index contributed by atoms with van der Waals surface area (Å²) in [6.07, 6.45) is -4.94. The summed E-state index contributed by atoms with van der Waals surface area (Å²) >= 11 is 0. The number of ether oxygens (including phenoxy) is 1. The first kappa shape index (κ1) is 24.6. The monoisotopic (exact) mass is 494 g/mol. The number of carbonyl (C=O) groups is 1. The van der Waals surface area contributed by atoms with Crippen LogP contribution in [-0.2, 0) is 4.74 Å². The topological polar surface area (TPSA) is 93.6 Å². The van der Waals surface area contributed by atoms with E-state index in [1.807, 2.05) is 5.32 Å². The van der Waals surface area contributed by atoms with Crippen LogP contribution in [0.2, 0.25) is 0 Å². The molecule has 0 bridgehead atoms. The highest BCUT2D eigenvalue weighted by atomic mass is 19.4. The highest BCUT2D eigenvalue weighted by Gasteiger charge is 2.49. The Balaban J connectivity index is 1.61. The first-order valence-corrected chi connectivity index (χ1v) is 10.8. The normalized spacial score (nSPS) is 23.4. The van der Waals surface area contributed by atoms with Crippen molar-refractivity contribution < 1.29 is 40.3 Å². The zero-order valence-electron chi connectivity index (χ0n) is 18.2. The Hall–Kier alpha value is -2.54. The van der Waals surface area contributed by atoms with Gasteiger partial charge in [0, 0.05) is 25.5 Å². The van der Waals surface area contributed by atoms with Crippen molar-refractivity contribution in [3.8, 4) is 0 Å². The van der Waals surface area contributed by atoms with Crippen LogP contribution in [-0.4, -0.2) is 54.3 Å². The van der Waals surface area contributed by atoms with Gasteiger partial charge in [-0.05, 0) is 24.8 Å². The molecule has 3 N–H and O–H groups in total. The summed E-state index contributed by atoms with van der Waals surface area (Å²) in [6.45, 7) is -0.976. The summed E-state index contributed by atoms with van der Waals surface area (Å²) in [5.74, 6) is -3.95. The van der Waals surface area contributed by atoms with E-state index in [1.54, 1.807) is 0 Å². The first-order chi connectivity index (χ1) is 15.9. The quantitative estimate of drug-likeness (QED) is 0.580. The van der Waals surface area contributed by atoms with Gasteiger partial charge < -0.3 is 25.1 Å². The summed E-state index contributed by atoms with van der Waals surface area (Å²) in [7, 11) is 1.28. The minimum Gasteiger partial charge on any atom is -0.439 e. The number of carbonyl (C=O) groups excluding carboxylic acids is 1. The van der Waals surface area contributed by atoms with E-state index in [0.29, 0.717) is 0 Å². The average Bonchev–Trinajstić information content (AvgIpc) is 3.36. The number of benzene rings is 1. The third-order valence-corrected chi connectivity index (χ3v) is 6.49. The van der Waals surface area contributed by atoms with Gasteiger partial charge in [-0.1, -0.05) is 6.07 Å². The molecule has 2 fully saturated rings. The zero-order chi connectivity index (χ0) is 24.8. The molecule has 0 radical (unpaired) electrons. The van der Waals surface area contributed by atoms with Crippen LogP contribution in [0.3, 0.4) is 0 Å². The Morgan fingerprint density at radius 3 is 2.59 bits per heavy atom. The van der Waals surface area contributed by atoms with Crippen molar-refractivity contribution in [2.45, 2.75) is 55.9 Å². The predicted molar refractivity (Wildman–Crippen MR) is 107 cm³/mol. The van der Waals surface area contributed by atoms with Gasteiger partial charge in [0.1, 0.15) is 11.6 Å². The van der Waals surface area contributed by atoms with Crippen molar-refractivity contribution in [2.75, 3.05) is 20.3 Å². The molecule has 2 unspecified atom stereocenters. The van der Waals surface area contributed by atoms with Gasteiger partial charge in [0.15, 0.2) is 11.4 Å². The Morgan fingerprint density at radius 1 is 1.32 bits per heavy atom. The van der Waals surface area contributed by atoms with Crippen molar-refractivity contribution in [3.63, 3.8) is 0 Å². The third-order valence-electron chi connectivity index (χ3n) is 6.49. The lowest BCUT2D eigenvalue weighted by Gasteiger charge is -2.30. The van der Waals surface area contributed by atoms with Crippen molar-refractivity contribution in [1.29, 1.82) is 0 Å². The van der Waals surface area contributed by atoms with Crippen LogP contribution in [0.25, 0.3) is 11.1 Å². The molecule has 4 rings (SSSR count). The number of aromatic nitrogens is 1. The molecule has 2 heterocycles. The van der Waals surface area contributed by atoms with Crippen LogP contribution in [0.15, 0.2) is 16.5 Å². The summed E-state index contributed by atoms with van der Waals surface area (Å²) in [4.78, 5) is 17.2. The minimum atomic E-state index is -4.66. The fourth-order valence-corrected chi connectivity index (χ4v) is 4.53. The maximum Gasteiger partial charge on any atom is 0.410 e. The number of oxazole rings is 1. The van der Waals surface area contributed by atoms with E-state index >= 15 is 4.39 Å². The second kappa shape index (κ2) is 8.91. The molecular formula is C21H24F6N4O3. The molecule has 0 spiro atoms. The molecule has 34 heavy (non-hydrogen) atoms. The van der Waals surface area contributed by atoms with Crippen molar-refractivity contribution in [1.82, 2.24) is 15.2 Å². The molecule has 1 aromatic carbocycles. The van der Waals surface area contributed by atoms with Gasteiger partial charge >= 0.3 is 12.2 Å². The van der Waals surface area contributed by atoms with Gasteiger partial charge in [-0.25, -0.2) is 22.9 Å². The van der Waals surface area contributed by atoms with E-state index in [4.69, 9.17) is 14.9 Å². The fraction of sp³-hybridized carbons (Fsp3) is 0.619. The number of hydrogen-bond donors (Lipinski definition) is 2. The van der Waals surface area contributed by atoms with Crippen LogP contribution in [0.5, 0.6) is 0 Å². The molecule has 2 amide bonds. The van der Waals surface area contributed by atoms with E-state index in [1.165, 1.54) is 19.2 Å². The summed E-state index contributed by atoms with van der Waals surface area (Å²) in [5, 5.41) is 1.85. The minimum absolute atomic E-state index is 0.0133. The second-order valence-electron chi connectivity index (χ2n) is 8.75. The first-order valence-electron chi connectivity index (χ1n) is 10.8.